The molecule has 186 valence electrons. The zero-order chi connectivity index (χ0) is 26.0. The zero-order valence-corrected chi connectivity index (χ0v) is 23.0. The lowest BCUT2D eigenvalue weighted by Crippen LogP contribution is -2.38. The number of hydrogen-bond acceptors (Lipinski definition) is 3. The van der Waals surface area contributed by atoms with E-state index < -0.39 is 6.04 Å². The van der Waals surface area contributed by atoms with E-state index in [-0.39, 0.29) is 11.5 Å². The molecule has 4 rings (SSSR count). The summed E-state index contributed by atoms with van der Waals surface area (Å²) in [7, 11) is 0. The Morgan fingerprint density at radius 2 is 1.75 bits per heavy atom. The van der Waals surface area contributed by atoms with Crippen LogP contribution in [0.5, 0.6) is 0 Å². The maximum absolute atomic E-state index is 13.9. The molecule has 36 heavy (non-hydrogen) atoms. The van der Waals surface area contributed by atoms with Crippen LogP contribution in [0.25, 0.3) is 16.6 Å². The van der Waals surface area contributed by atoms with Crippen molar-refractivity contribution in [1.82, 2.24) is 14.5 Å². The van der Waals surface area contributed by atoms with Crippen molar-refractivity contribution < 1.29 is 4.79 Å². The molecule has 1 amide bonds. The van der Waals surface area contributed by atoms with Crippen LogP contribution in [-0.2, 0) is 0 Å². The molecule has 1 heterocycles. The van der Waals surface area contributed by atoms with Gasteiger partial charge in [0.05, 0.1) is 22.6 Å². The predicted molar refractivity (Wildman–Crippen MR) is 150 cm³/mol. The summed E-state index contributed by atoms with van der Waals surface area (Å²) in [4.78, 5) is 34.5. The Kier molecular flexibility index (Phi) is 7.74. The molecule has 0 saturated carbocycles. The molecule has 0 aliphatic rings. The second-order valence-corrected chi connectivity index (χ2v) is 10.7. The van der Waals surface area contributed by atoms with Gasteiger partial charge in [0.1, 0.15) is 5.82 Å². The number of carbonyl (C=O) groups is 1. The van der Waals surface area contributed by atoms with Gasteiger partial charge in [-0.1, -0.05) is 65.7 Å². The number of rotatable bonds is 7. The van der Waals surface area contributed by atoms with Crippen LogP contribution in [0.15, 0.2) is 76.0 Å². The topological polar surface area (TPSA) is 55.2 Å². The van der Waals surface area contributed by atoms with Crippen LogP contribution in [0.2, 0.25) is 0 Å². The first-order chi connectivity index (χ1) is 17.2. The van der Waals surface area contributed by atoms with Gasteiger partial charge in [-0.2, -0.15) is 0 Å². The molecule has 1 atom stereocenters. The number of benzene rings is 3. The summed E-state index contributed by atoms with van der Waals surface area (Å²) in [5, 5.41) is 0.556. The highest BCUT2D eigenvalue weighted by Gasteiger charge is 2.28. The molecule has 0 radical (unpaired) electrons. The molecule has 6 heteroatoms. The molecule has 0 aliphatic heterocycles. The maximum atomic E-state index is 13.9. The fourth-order valence-corrected chi connectivity index (χ4v) is 4.91. The average molecular weight is 547 g/mol. The van der Waals surface area contributed by atoms with Gasteiger partial charge in [0.15, 0.2) is 0 Å². The van der Waals surface area contributed by atoms with Gasteiger partial charge in [-0.15, -0.1) is 0 Å². The Bertz CT molecular complexity index is 1480. The van der Waals surface area contributed by atoms with Crippen molar-refractivity contribution in [3.05, 3.63) is 104 Å². The lowest BCUT2D eigenvalue weighted by Gasteiger charge is -2.31. The molecule has 0 bridgehead atoms. The third-order valence-electron chi connectivity index (χ3n) is 6.52. The van der Waals surface area contributed by atoms with Crippen LogP contribution in [-0.4, -0.2) is 26.9 Å². The van der Waals surface area contributed by atoms with Crippen LogP contribution in [0.4, 0.5) is 0 Å². The Morgan fingerprint density at radius 3 is 2.44 bits per heavy atom. The van der Waals surface area contributed by atoms with Gasteiger partial charge in [0, 0.05) is 16.6 Å². The van der Waals surface area contributed by atoms with E-state index in [0.717, 1.165) is 27.7 Å². The maximum Gasteiger partial charge on any atom is 0.266 e. The smallest absolute Gasteiger partial charge is 0.266 e. The summed E-state index contributed by atoms with van der Waals surface area (Å²) in [5.74, 6) is 0.887. The molecule has 1 aromatic heterocycles. The van der Waals surface area contributed by atoms with Gasteiger partial charge in [0.25, 0.3) is 11.5 Å². The Labute approximate surface area is 220 Å². The van der Waals surface area contributed by atoms with E-state index in [1.54, 1.807) is 4.57 Å². The summed E-state index contributed by atoms with van der Waals surface area (Å²) in [5.41, 5.74) is 3.98. The summed E-state index contributed by atoms with van der Waals surface area (Å²) >= 11 is 3.49. The number of aromatic nitrogens is 2. The number of hydrogen-bond donors (Lipinski definition) is 0. The molecule has 0 spiro atoms. The van der Waals surface area contributed by atoms with Crippen LogP contribution in [0.1, 0.15) is 60.5 Å². The van der Waals surface area contributed by atoms with E-state index in [1.807, 2.05) is 86.3 Å². The molecular formula is C30H32BrN3O2. The van der Waals surface area contributed by atoms with Crippen molar-refractivity contribution in [2.24, 2.45) is 5.92 Å². The van der Waals surface area contributed by atoms with Crippen molar-refractivity contribution in [2.45, 2.75) is 47.1 Å². The molecule has 1 unspecified atom stereocenters. The summed E-state index contributed by atoms with van der Waals surface area (Å²) < 4.78 is 2.54. The zero-order valence-electron chi connectivity index (χ0n) is 21.5. The minimum Gasteiger partial charge on any atom is -0.329 e. The van der Waals surface area contributed by atoms with Crippen molar-refractivity contribution in [2.75, 3.05) is 6.54 Å². The van der Waals surface area contributed by atoms with E-state index >= 15 is 0 Å². The summed E-state index contributed by atoms with van der Waals surface area (Å²) in [6.07, 6.45) is 0.839. The van der Waals surface area contributed by atoms with Crippen LogP contribution in [0.3, 0.4) is 0 Å². The van der Waals surface area contributed by atoms with Crippen LogP contribution in [0, 0.1) is 19.8 Å². The number of fused-ring (bicyclic) bond motifs is 1. The highest BCUT2D eigenvalue weighted by molar-refractivity contribution is 9.10. The first-order valence-electron chi connectivity index (χ1n) is 12.3. The molecule has 0 saturated heterocycles. The van der Waals surface area contributed by atoms with Crippen molar-refractivity contribution in [3.8, 4) is 5.69 Å². The van der Waals surface area contributed by atoms with Gasteiger partial charge in [-0.3, -0.25) is 14.2 Å². The molecule has 0 aliphatic carbocycles. The van der Waals surface area contributed by atoms with E-state index in [2.05, 4.69) is 35.8 Å². The monoisotopic (exact) mass is 545 g/mol. The second-order valence-electron chi connectivity index (χ2n) is 9.79. The van der Waals surface area contributed by atoms with Crippen molar-refractivity contribution >= 4 is 32.7 Å². The molecule has 4 aromatic rings. The van der Waals surface area contributed by atoms with E-state index in [9.17, 15) is 9.59 Å². The summed E-state index contributed by atoms with van der Waals surface area (Å²) in [6.45, 7) is 10.8. The quantitative estimate of drug-likeness (QED) is 0.251. The lowest BCUT2D eigenvalue weighted by atomic mass is 10.1. The third-order valence-corrected chi connectivity index (χ3v) is 7.01. The standard InChI is InChI=1S/C30H32BrN3O2/c1-19(2)15-16-33(29(35)23-9-8-10-24(31)18-23)22(5)28-32-26-12-7-6-11-25(26)30(36)34(28)27-14-13-20(3)17-21(27)4/h6-14,17-19,22H,15-16H2,1-5H3. The van der Waals surface area contributed by atoms with E-state index in [4.69, 9.17) is 4.98 Å². The van der Waals surface area contributed by atoms with Gasteiger partial charge in [-0.05, 0) is 75.1 Å². The van der Waals surface area contributed by atoms with Crippen LogP contribution >= 0.6 is 15.9 Å². The molecule has 0 N–H and O–H groups in total. The molecular weight excluding hydrogens is 514 g/mol. The molecule has 0 fully saturated rings. The largest absolute Gasteiger partial charge is 0.329 e. The minimum absolute atomic E-state index is 0.0842. The Morgan fingerprint density at radius 1 is 1.00 bits per heavy atom. The molecule has 3 aromatic carbocycles. The van der Waals surface area contributed by atoms with E-state index in [1.165, 1.54) is 0 Å². The van der Waals surface area contributed by atoms with Gasteiger partial charge in [-0.25, -0.2) is 4.98 Å². The highest BCUT2D eigenvalue weighted by atomic mass is 79.9. The number of carbonyl (C=O) groups excluding carboxylic acids is 1. The highest BCUT2D eigenvalue weighted by Crippen LogP contribution is 2.27. The fraction of sp³-hybridized carbons (Fsp3) is 0.300. The Balaban J connectivity index is 1.93. The van der Waals surface area contributed by atoms with Crippen molar-refractivity contribution in [1.29, 1.82) is 0 Å². The summed E-state index contributed by atoms with van der Waals surface area (Å²) in [6, 6.07) is 20.4. The van der Waals surface area contributed by atoms with Gasteiger partial charge in [0.2, 0.25) is 0 Å². The predicted octanol–water partition coefficient (Wildman–Crippen LogP) is 7.01. The molecule has 5 nitrogen and oxygen atoms in total. The fourth-order valence-electron chi connectivity index (χ4n) is 4.51. The number of aryl methyl sites for hydroxylation is 2. The van der Waals surface area contributed by atoms with Crippen LogP contribution < -0.4 is 5.56 Å². The average Bonchev–Trinajstić information content (AvgIpc) is 2.84. The normalized spacial score (nSPS) is 12.2. The lowest BCUT2D eigenvalue weighted by molar-refractivity contribution is 0.0671. The van der Waals surface area contributed by atoms with Gasteiger partial charge < -0.3 is 4.90 Å². The van der Waals surface area contributed by atoms with Gasteiger partial charge >= 0.3 is 0 Å². The number of amides is 1. The SMILES string of the molecule is Cc1ccc(-n2c(C(C)N(CCC(C)C)C(=O)c3cccc(Br)c3)nc3ccccc3c2=O)c(C)c1. The second kappa shape index (κ2) is 10.8. The minimum atomic E-state index is -0.437. The third kappa shape index (κ3) is 5.29. The van der Waals surface area contributed by atoms with E-state index in [0.29, 0.717) is 34.8 Å². The first kappa shape index (κ1) is 25.8. The number of nitrogens with zero attached hydrogens (tertiary/aromatic N) is 3. The number of halogens is 1. The Hall–Kier alpha value is -3.25. The first-order valence-corrected chi connectivity index (χ1v) is 13.1. The number of para-hydroxylation sites is 1. The van der Waals surface area contributed by atoms with Crippen molar-refractivity contribution in [3.63, 3.8) is 0 Å².